The number of nitrogens with one attached hydrogen (secondary N) is 2. The Balaban J connectivity index is 1.28. The van der Waals surface area contributed by atoms with Crippen molar-refractivity contribution in [3.05, 3.63) is 45.4 Å². The van der Waals surface area contributed by atoms with Gasteiger partial charge in [-0.2, -0.15) is 4.98 Å². The fourth-order valence-corrected chi connectivity index (χ4v) is 8.62. The van der Waals surface area contributed by atoms with Gasteiger partial charge in [0.05, 0.1) is 25.9 Å². The van der Waals surface area contributed by atoms with Gasteiger partial charge in [0.25, 0.3) is 11.1 Å². The van der Waals surface area contributed by atoms with Crippen LogP contribution >= 0.6 is 26.0 Å². The summed E-state index contributed by atoms with van der Waals surface area (Å²) >= 11 is 9.19. The highest BCUT2D eigenvalue weighted by Crippen LogP contribution is 2.58. The van der Waals surface area contributed by atoms with E-state index in [9.17, 15) is 28.5 Å². The van der Waals surface area contributed by atoms with Crippen LogP contribution in [0.25, 0.3) is 22.2 Å². The van der Waals surface area contributed by atoms with Crippen molar-refractivity contribution >= 4 is 65.9 Å². The van der Waals surface area contributed by atoms with Crippen LogP contribution in [0.3, 0.4) is 0 Å². The Kier molecular flexibility index (Phi) is 8.46. The zero-order valence-corrected chi connectivity index (χ0v) is 25.5. The minimum Gasteiger partial charge on any atom is -0.394 e. The highest BCUT2D eigenvalue weighted by atomic mass is 32.7. The maximum Gasteiger partial charge on any atom is 0.582 e. The lowest BCUT2D eigenvalue weighted by Gasteiger charge is -2.29. The highest BCUT2D eigenvalue weighted by Gasteiger charge is 2.54. The number of nitrogens with two attached hydrogens (primary N) is 1. The SMILES string of the molecule is Nc1nc2c(ncn2[C@@H]2O[C@H](CO)[C@@H](F)[C@H]2P(O)(=S)OC[C@H]2O[C@@H](n3cc(F)c4c(=O)[nH]cnc43)C[C@@H]2O[P+](=O)S)c(=O)[nH]1. The zero-order valence-electron chi connectivity index (χ0n) is 22.0. The standard InChI is InChI=1S/C21H22F2N8O9P2S2/c22-7-2-30(16-12(7)18(33)26-5-25-16)11-1-8(40-41(35)43)10(38-11)4-37-42(36,44)15-13(23)9(3-32)39-20(15)31-6-27-14-17(31)28-21(24)29-19(14)34/h2,5-6,8-11,13,15,20,32H,1,3-4H2,(H5-,24,25,26,28,29,33,34,35,36,43,44)/p+1/t8-,9+,10+,11+,13+,15+,20+,42?/m0/s1. The van der Waals surface area contributed by atoms with Gasteiger partial charge < -0.3 is 39.3 Å². The number of thiol groups is 1. The zero-order chi connectivity index (χ0) is 31.5. The molecule has 2 fully saturated rings. The summed E-state index contributed by atoms with van der Waals surface area (Å²) in [4.78, 5) is 52.4. The summed E-state index contributed by atoms with van der Waals surface area (Å²) in [5.74, 6) is -1.11. The van der Waals surface area contributed by atoms with Crippen LogP contribution in [0.2, 0.25) is 0 Å². The lowest BCUT2D eigenvalue weighted by Crippen LogP contribution is -2.32. The topological polar surface area (TPSA) is 235 Å². The van der Waals surface area contributed by atoms with Gasteiger partial charge in [0.2, 0.25) is 5.95 Å². The van der Waals surface area contributed by atoms with E-state index in [1.807, 2.05) is 0 Å². The quantitative estimate of drug-likeness (QED) is 0.105. The Labute approximate surface area is 254 Å². The van der Waals surface area contributed by atoms with Gasteiger partial charge in [0.1, 0.15) is 54.0 Å². The summed E-state index contributed by atoms with van der Waals surface area (Å²) in [5.41, 5.74) is 2.43. The molecule has 0 saturated carbocycles. The fraction of sp³-hybridized carbons (Fsp3) is 0.476. The predicted molar refractivity (Wildman–Crippen MR) is 155 cm³/mol. The van der Waals surface area contributed by atoms with Crippen molar-refractivity contribution in [3.8, 4) is 0 Å². The second kappa shape index (κ2) is 11.9. The molecule has 4 aromatic rings. The molecule has 17 nitrogen and oxygen atoms in total. The molecule has 0 radical (unpaired) electrons. The number of hydrogen-bond donors (Lipinski definition) is 6. The van der Waals surface area contributed by atoms with E-state index < -0.39 is 86.5 Å². The first-order chi connectivity index (χ1) is 20.9. The van der Waals surface area contributed by atoms with Crippen molar-refractivity contribution < 1.29 is 41.9 Å². The number of aromatic nitrogens is 7. The average Bonchev–Trinajstić information content (AvgIpc) is 3.71. The number of aliphatic hydroxyl groups is 1. The normalized spacial score (nSPS) is 29.0. The molecule has 0 aromatic carbocycles. The van der Waals surface area contributed by atoms with Gasteiger partial charge in [-0.15, -0.1) is 4.52 Å². The highest BCUT2D eigenvalue weighted by molar-refractivity contribution is 8.39. The van der Waals surface area contributed by atoms with Gasteiger partial charge in [-0.3, -0.25) is 19.1 Å². The van der Waals surface area contributed by atoms with Crippen LogP contribution in [0, 0.1) is 5.82 Å². The number of alkyl halides is 1. The third kappa shape index (κ3) is 5.51. The molecule has 0 bridgehead atoms. The molecule has 0 spiro atoms. The van der Waals surface area contributed by atoms with Crippen LogP contribution < -0.4 is 16.9 Å². The summed E-state index contributed by atoms with van der Waals surface area (Å²) in [7, 11) is -2.47. The van der Waals surface area contributed by atoms with E-state index in [4.69, 9.17) is 36.1 Å². The number of fused-ring (bicyclic) bond motifs is 2. The molecular weight excluding hydrogens is 672 g/mol. The number of rotatable bonds is 9. The number of nitrogens with zero attached hydrogens (tertiary/aromatic N) is 5. The molecule has 2 unspecified atom stereocenters. The van der Waals surface area contributed by atoms with E-state index >= 15 is 4.39 Å². The number of aliphatic hydroxyl groups excluding tert-OH is 1. The molecule has 2 aliphatic heterocycles. The summed E-state index contributed by atoms with van der Waals surface area (Å²) in [5, 5.41) is 9.44. The number of H-pyrrole nitrogens is 2. The van der Waals surface area contributed by atoms with Crippen molar-refractivity contribution in [2.24, 2.45) is 0 Å². The average molecular weight is 696 g/mol. The molecule has 2 saturated heterocycles. The molecule has 9 atom stereocenters. The van der Waals surface area contributed by atoms with Crippen LogP contribution in [0.15, 0.2) is 28.4 Å². The number of aromatic amines is 2. The van der Waals surface area contributed by atoms with Crippen LogP contribution in [-0.2, 0) is 34.9 Å². The number of halogens is 2. The van der Waals surface area contributed by atoms with Gasteiger partial charge in [-0.05, 0) is 16.4 Å². The molecule has 4 aromatic heterocycles. The summed E-state index contributed by atoms with van der Waals surface area (Å²) in [6.07, 6.45) is -4.76. The number of anilines is 1. The van der Waals surface area contributed by atoms with Crippen molar-refractivity contribution in [1.82, 2.24) is 34.1 Å². The number of imidazole rings is 1. The number of ether oxygens (including phenoxy) is 2. The Morgan fingerprint density at radius 2 is 2.02 bits per heavy atom. The molecule has 0 amide bonds. The van der Waals surface area contributed by atoms with E-state index in [1.54, 1.807) is 0 Å². The number of nitrogen functional groups attached to an aromatic ring is 1. The first-order valence-corrected chi connectivity index (χ1v) is 17.8. The van der Waals surface area contributed by atoms with Crippen LogP contribution in [-0.4, -0.2) is 87.4 Å². The molecule has 6 heterocycles. The van der Waals surface area contributed by atoms with Gasteiger partial charge in [0.15, 0.2) is 35.3 Å². The van der Waals surface area contributed by atoms with Crippen LogP contribution in [0.5, 0.6) is 0 Å². The summed E-state index contributed by atoms with van der Waals surface area (Å²) in [6.45, 7) is -5.51. The third-order valence-corrected chi connectivity index (χ3v) is 10.9. The van der Waals surface area contributed by atoms with Gasteiger partial charge in [-0.1, -0.05) is 0 Å². The van der Waals surface area contributed by atoms with E-state index in [2.05, 4.69) is 37.2 Å². The van der Waals surface area contributed by atoms with E-state index in [-0.39, 0.29) is 34.6 Å². The molecule has 44 heavy (non-hydrogen) atoms. The Bertz CT molecular complexity index is 1920. The second-order valence-corrected chi connectivity index (χ2v) is 15.1. The fourth-order valence-electron chi connectivity index (χ4n) is 5.34. The van der Waals surface area contributed by atoms with Gasteiger partial charge in [0, 0.05) is 12.6 Å². The van der Waals surface area contributed by atoms with Crippen LogP contribution in [0.1, 0.15) is 18.9 Å². The molecule has 0 aliphatic carbocycles. The molecular formula is C21H23F2N8O9P2S2+. The minimum atomic E-state index is -4.22. The first kappa shape index (κ1) is 31.3. The summed E-state index contributed by atoms with van der Waals surface area (Å²) < 4.78 is 67.3. The molecule has 23 heteroatoms. The number of hydrogen-bond acceptors (Lipinski definition) is 13. The maximum atomic E-state index is 15.7. The Morgan fingerprint density at radius 1 is 1.25 bits per heavy atom. The third-order valence-electron chi connectivity index (χ3n) is 7.28. The van der Waals surface area contributed by atoms with E-state index in [0.717, 1.165) is 23.4 Å². The predicted octanol–water partition coefficient (Wildman–Crippen LogP) is 0.754. The van der Waals surface area contributed by atoms with Crippen molar-refractivity contribution in [1.29, 1.82) is 0 Å². The molecule has 2 aliphatic rings. The van der Waals surface area contributed by atoms with Gasteiger partial charge >= 0.3 is 7.23 Å². The van der Waals surface area contributed by atoms with Crippen molar-refractivity contribution in [2.75, 3.05) is 18.9 Å². The van der Waals surface area contributed by atoms with Crippen molar-refractivity contribution in [2.45, 2.75) is 49.0 Å². The lowest BCUT2D eigenvalue weighted by atomic mass is 10.2. The van der Waals surface area contributed by atoms with Crippen molar-refractivity contribution in [3.63, 3.8) is 0 Å². The maximum absolute atomic E-state index is 15.7. The second-order valence-electron chi connectivity index (χ2n) is 9.88. The largest absolute Gasteiger partial charge is 0.582 e. The minimum absolute atomic E-state index is 0.0268. The van der Waals surface area contributed by atoms with Gasteiger partial charge in [-0.25, -0.2) is 18.7 Å². The first-order valence-electron chi connectivity index (χ1n) is 12.7. The Morgan fingerprint density at radius 3 is 2.75 bits per heavy atom. The lowest BCUT2D eigenvalue weighted by molar-refractivity contribution is -0.0361. The van der Waals surface area contributed by atoms with Crippen LogP contribution in [0.4, 0.5) is 14.7 Å². The molecule has 236 valence electrons. The summed E-state index contributed by atoms with van der Waals surface area (Å²) in [6, 6.07) is 0. The molecule has 6 N–H and O–H groups in total. The Hall–Kier alpha value is -2.71. The monoisotopic (exact) mass is 695 g/mol. The van der Waals surface area contributed by atoms with E-state index in [1.165, 1.54) is 4.57 Å². The van der Waals surface area contributed by atoms with E-state index in [0.29, 0.717) is 0 Å². The molecule has 6 rings (SSSR count). The smallest absolute Gasteiger partial charge is 0.394 e.